The molecule has 2 aliphatic rings. The Morgan fingerprint density at radius 2 is 2.08 bits per heavy atom. The Morgan fingerprint density at radius 1 is 1.25 bits per heavy atom. The second-order valence-electron chi connectivity index (χ2n) is 9.23. The lowest BCUT2D eigenvalue weighted by molar-refractivity contribution is -0.123. The number of carbonyl (C=O) groups is 2. The predicted octanol–water partition coefficient (Wildman–Crippen LogP) is 4.05. The largest absolute Gasteiger partial charge is 0.311 e. The number of anilines is 2. The fourth-order valence-corrected chi connectivity index (χ4v) is 4.78. The lowest BCUT2D eigenvalue weighted by atomic mass is 9.83. The second kappa shape index (κ2) is 9.49. The van der Waals surface area contributed by atoms with Gasteiger partial charge >= 0.3 is 0 Å². The van der Waals surface area contributed by atoms with Gasteiger partial charge in [0.05, 0.1) is 18.7 Å². The van der Waals surface area contributed by atoms with Gasteiger partial charge in [-0.05, 0) is 42.4 Å². The number of halogens is 2. The van der Waals surface area contributed by atoms with Crippen LogP contribution >= 0.6 is 0 Å². The lowest BCUT2D eigenvalue weighted by Gasteiger charge is -2.21. The highest BCUT2D eigenvalue weighted by molar-refractivity contribution is 6.02. The molecule has 3 heterocycles. The normalized spacial score (nSPS) is 19.5. The van der Waals surface area contributed by atoms with Crippen LogP contribution in [0.5, 0.6) is 0 Å². The molecule has 2 amide bonds. The number of nitriles is 1. The van der Waals surface area contributed by atoms with Crippen molar-refractivity contribution < 1.29 is 18.4 Å². The Bertz CT molecular complexity index is 1350. The van der Waals surface area contributed by atoms with E-state index < -0.39 is 18.4 Å². The SMILES string of the molecule is N#C[C@@]1(C2CC2)CCN(c2ccnc(NC(=O)Cc3cccc(-c4cnn(CC(F)F)c4)c3)c2)C1=O. The third-order valence-corrected chi connectivity index (χ3v) is 6.74. The van der Waals surface area contributed by atoms with Crippen LogP contribution in [-0.4, -0.2) is 39.5 Å². The van der Waals surface area contributed by atoms with E-state index in [0.29, 0.717) is 30.0 Å². The summed E-state index contributed by atoms with van der Waals surface area (Å²) in [7, 11) is 0. The van der Waals surface area contributed by atoms with Gasteiger partial charge in [0.15, 0.2) is 0 Å². The number of nitrogens with zero attached hydrogens (tertiary/aromatic N) is 5. The maximum absolute atomic E-state index is 13.1. The summed E-state index contributed by atoms with van der Waals surface area (Å²) >= 11 is 0. The fourth-order valence-electron chi connectivity index (χ4n) is 4.78. The van der Waals surface area contributed by atoms with Crippen LogP contribution in [0, 0.1) is 22.7 Å². The quantitative estimate of drug-likeness (QED) is 0.513. The van der Waals surface area contributed by atoms with Gasteiger partial charge in [-0.2, -0.15) is 10.4 Å². The zero-order valence-corrected chi connectivity index (χ0v) is 19.4. The highest BCUT2D eigenvalue weighted by Gasteiger charge is 2.56. The minimum Gasteiger partial charge on any atom is -0.311 e. The van der Waals surface area contributed by atoms with Gasteiger partial charge in [-0.1, -0.05) is 24.3 Å². The molecule has 8 nitrogen and oxygen atoms in total. The zero-order valence-electron chi connectivity index (χ0n) is 19.4. The van der Waals surface area contributed by atoms with Gasteiger partial charge in [0.25, 0.3) is 6.43 Å². The lowest BCUT2D eigenvalue weighted by Crippen LogP contribution is -2.35. The number of alkyl halides is 2. The van der Waals surface area contributed by atoms with Crippen LogP contribution in [0.4, 0.5) is 20.3 Å². The van der Waals surface area contributed by atoms with Crippen LogP contribution in [0.1, 0.15) is 24.8 Å². The van der Waals surface area contributed by atoms with Crippen molar-refractivity contribution in [2.75, 3.05) is 16.8 Å². The van der Waals surface area contributed by atoms with Gasteiger partial charge < -0.3 is 10.2 Å². The molecule has 36 heavy (non-hydrogen) atoms. The first-order valence-electron chi connectivity index (χ1n) is 11.8. The molecule has 2 aromatic heterocycles. The van der Waals surface area contributed by atoms with E-state index in [9.17, 15) is 23.6 Å². The van der Waals surface area contributed by atoms with Crippen molar-refractivity contribution in [2.45, 2.75) is 38.7 Å². The first-order valence-corrected chi connectivity index (χ1v) is 11.8. The van der Waals surface area contributed by atoms with Crippen LogP contribution in [0.3, 0.4) is 0 Å². The van der Waals surface area contributed by atoms with Crippen LogP contribution in [0.25, 0.3) is 11.1 Å². The molecule has 0 radical (unpaired) electrons. The van der Waals surface area contributed by atoms with E-state index >= 15 is 0 Å². The number of rotatable bonds is 8. The average molecular weight is 491 g/mol. The number of hydrogen-bond acceptors (Lipinski definition) is 5. The summed E-state index contributed by atoms with van der Waals surface area (Å²) in [4.78, 5) is 31.6. The third-order valence-electron chi connectivity index (χ3n) is 6.74. The van der Waals surface area contributed by atoms with Crippen molar-refractivity contribution in [1.82, 2.24) is 14.8 Å². The number of nitrogens with one attached hydrogen (secondary N) is 1. The van der Waals surface area contributed by atoms with Crippen LogP contribution in [0.15, 0.2) is 55.0 Å². The molecule has 1 aliphatic carbocycles. The molecule has 0 bridgehead atoms. The van der Waals surface area contributed by atoms with Gasteiger partial charge in [0.1, 0.15) is 17.8 Å². The van der Waals surface area contributed by atoms with Gasteiger partial charge in [-0.3, -0.25) is 14.3 Å². The zero-order chi connectivity index (χ0) is 25.3. The topological polar surface area (TPSA) is 104 Å². The summed E-state index contributed by atoms with van der Waals surface area (Å²) in [6, 6.07) is 12.9. The third kappa shape index (κ3) is 4.69. The summed E-state index contributed by atoms with van der Waals surface area (Å²) in [5, 5.41) is 16.4. The van der Waals surface area contributed by atoms with Crippen LogP contribution in [0.2, 0.25) is 0 Å². The number of amides is 2. The van der Waals surface area contributed by atoms with Crippen molar-refractivity contribution >= 4 is 23.3 Å². The minimum atomic E-state index is -2.49. The summed E-state index contributed by atoms with van der Waals surface area (Å²) in [6.45, 7) is -0.0176. The van der Waals surface area contributed by atoms with E-state index in [1.54, 1.807) is 35.4 Å². The number of benzene rings is 1. The highest BCUT2D eigenvalue weighted by atomic mass is 19.3. The first-order chi connectivity index (χ1) is 17.4. The Kier molecular flexibility index (Phi) is 6.22. The van der Waals surface area contributed by atoms with Gasteiger partial charge in [-0.15, -0.1) is 0 Å². The molecule has 0 spiro atoms. The van der Waals surface area contributed by atoms with Gasteiger partial charge in [0, 0.05) is 36.3 Å². The van der Waals surface area contributed by atoms with E-state index in [1.807, 2.05) is 12.1 Å². The van der Waals surface area contributed by atoms with E-state index in [4.69, 9.17) is 0 Å². The second-order valence-corrected chi connectivity index (χ2v) is 9.23. The molecule has 184 valence electrons. The van der Waals surface area contributed by atoms with Gasteiger partial charge in [-0.25, -0.2) is 13.8 Å². The predicted molar refractivity (Wildman–Crippen MR) is 128 cm³/mol. The monoisotopic (exact) mass is 490 g/mol. The Hall–Kier alpha value is -4.13. The number of hydrogen-bond donors (Lipinski definition) is 1. The minimum absolute atomic E-state index is 0.0762. The molecule has 10 heteroatoms. The number of aromatic nitrogens is 3. The average Bonchev–Trinajstić information content (AvgIpc) is 3.51. The maximum Gasteiger partial charge on any atom is 0.257 e. The standard InChI is InChI=1S/C26H24F2N6O2/c27-22(28)15-33-14-19(13-31-33)18-3-1-2-17(10-18)11-24(35)32-23-12-21(6-8-30-23)34-9-7-26(16-29,25(34)36)20-4-5-20/h1-3,6,8,10,12-14,20,22H,4-5,7,9,11,15H2,(H,30,32,35)/t26-/m1/s1. The molecule has 2 fully saturated rings. The summed E-state index contributed by atoms with van der Waals surface area (Å²) < 4.78 is 26.4. The smallest absolute Gasteiger partial charge is 0.257 e. The fraction of sp³-hybridized carbons (Fsp3) is 0.346. The number of carbonyl (C=O) groups excluding carboxylic acids is 2. The molecule has 3 aromatic rings. The molecule has 5 rings (SSSR count). The molecule has 0 unspecified atom stereocenters. The molecule has 1 saturated heterocycles. The molecule has 1 N–H and O–H groups in total. The molecule has 1 aromatic carbocycles. The van der Waals surface area contributed by atoms with Crippen LogP contribution in [-0.2, 0) is 22.6 Å². The van der Waals surface area contributed by atoms with E-state index in [0.717, 1.165) is 24.0 Å². The van der Waals surface area contributed by atoms with Crippen molar-refractivity contribution in [2.24, 2.45) is 11.3 Å². The maximum atomic E-state index is 13.1. The Labute approximate surface area is 206 Å². The molecular weight excluding hydrogens is 466 g/mol. The molecule has 1 aliphatic heterocycles. The summed E-state index contributed by atoms with van der Waals surface area (Å²) in [6.07, 6.45) is 4.50. The Balaban J connectivity index is 1.25. The molecule has 1 saturated carbocycles. The van der Waals surface area contributed by atoms with E-state index in [1.165, 1.54) is 17.1 Å². The first kappa shape index (κ1) is 23.6. The Morgan fingerprint density at radius 3 is 2.83 bits per heavy atom. The van der Waals surface area contributed by atoms with Crippen molar-refractivity contribution in [3.8, 4) is 17.2 Å². The summed E-state index contributed by atoms with van der Waals surface area (Å²) in [5.41, 5.74) is 1.85. The van der Waals surface area contributed by atoms with Crippen molar-refractivity contribution in [3.05, 3.63) is 60.6 Å². The highest BCUT2D eigenvalue weighted by Crippen LogP contribution is 2.51. The molecule has 1 atom stereocenters. The van der Waals surface area contributed by atoms with Crippen LogP contribution < -0.4 is 10.2 Å². The van der Waals surface area contributed by atoms with Crippen molar-refractivity contribution in [3.63, 3.8) is 0 Å². The summed E-state index contributed by atoms with van der Waals surface area (Å²) in [5.74, 6) is -0.0157. The van der Waals surface area contributed by atoms with E-state index in [-0.39, 0.29) is 24.2 Å². The van der Waals surface area contributed by atoms with Gasteiger partial charge in [0.2, 0.25) is 11.8 Å². The van der Waals surface area contributed by atoms with E-state index in [2.05, 4.69) is 21.5 Å². The molecular formula is C26H24F2N6O2. The number of pyridine rings is 1. The van der Waals surface area contributed by atoms with Crippen molar-refractivity contribution in [1.29, 1.82) is 5.26 Å².